The molecule has 0 amide bonds. The summed E-state index contributed by atoms with van der Waals surface area (Å²) in [4.78, 5) is 23.5. The van der Waals surface area contributed by atoms with Gasteiger partial charge in [0.1, 0.15) is 5.75 Å². The fourth-order valence-electron chi connectivity index (χ4n) is 3.16. The summed E-state index contributed by atoms with van der Waals surface area (Å²) in [6.45, 7) is 2.77. The Balaban J connectivity index is 1.92. The fourth-order valence-corrected chi connectivity index (χ4v) is 3.66. The van der Waals surface area contributed by atoms with E-state index in [4.69, 9.17) is 32.7 Å². The third-order valence-electron chi connectivity index (χ3n) is 4.84. The Labute approximate surface area is 191 Å². The molecule has 0 saturated carbocycles. The van der Waals surface area contributed by atoms with Crippen LogP contribution < -0.4 is 4.74 Å². The van der Waals surface area contributed by atoms with Crippen molar-refractivity contribution in [2.24, 2.45) is 0 Å². The largest absolute Gasteiger partial charge is 0.466 e. The molecule has 0 N–H and O–H groups in total. The molecule has 1 rings (SSSR count). The highest BCUT2D eigenvalue weighted by Crippen LogP contribution is 2.24. The Morgan fingerprint density at radius 2 is 1.20 bits per heavy atom. The van der Waals surface area contributed by atoms with Crippen LogP contribution in [0.2, 0.25) is 10.0 Å². The van der Waals surface area contributed by atoms with E-state index in [1.807, 2.05) is 0 Å². The lowest BCUT2D eigenvalue weighted by Crippen LogP contribution is -2.07. The monoisotopic (exact) mass is 458 g/mol. The van der Waals surface area contributed by atoms with Crippen molar-refractivity contribution in [1.82, 2.24) is 0 Å². The van der Waals surface area contributed by atoms with Gasteiger partial charge in [0.05, 0.1) is 6.61 Å². The smallest absolute Gasteiger partial charge is 0.311 e. The maximum Gasteiger partial charge on any atom is 0.311 e. The predicted molar refractivity (Wildman–Crippen MR) is 123 cm³/mol. The van der Waals surface area contributed by atoms with Crippen LogP contribution in [0.15, 0.2) is 18.2 Å². The maximum atomic E-state index is 11.9. The molecule has 1 aromatic rings. The van der Waals surface area contributed by atoms with Gasteiger partial charge in [-0.2, -0.15) is 0 Å². The average molecular weight is 459 g/mol. The van der Waals surface area contributed by atoms with Gasteiger partial charge in [0, 0.05) is 22.9 Å². The molecule has 0 aliphatic carbocycles. The molecule has 0 heterocycles. The van der Waals surface area contributed by atoms with E-state index in [-0.39, 0.29) is 11.9 Å². The first kappa shape index (κ1) is 26.8. The Morgan fingerprint density at radius 3 is 1.80 bits per heavy atom. The summed E-state index contributed by atoms with van der Waals surface area (Å²) in [7, 11) is 0. The van der Waals surface area contributed by atoms with Crippen molar-refractivity contribution >= 4 is 35.1 Å². The first-order valence-electron chi connectivity index (χ1n) is 11.3. The van der Waals surface area contributed by atoms with Gasteiger partial charge in [0.2, 0.25) is 0 Å². The van der Waals surface area contributed by atoms with Crippen molar-refractivity contribution in [2.75, 3.05) is 6.61 Å². The molecule has 170 valence electrons. The highest BCUT2D eigenvalue weighted by atomic mass is 35.5. The number of hydrogen-bond acceptors (Lipinski definition) is 4. The maximum absolute atomic E-state index is 11.9. The van der Waals surface area contributed by atoms with Gasteiger partial charge in [0.15, 0.2) is 0 Å². The minimum Gasteiger partial charge on any atom is -0.466 e. The third kappa shape index (κ3) is 14.7. The van der Waals surface area contributed by atoms with Crippen molar-refractivity contribution in [3.8, 4) is 5.75 Å². The standard InChI is InChI=1S/C24H36Cl2O4/c1-2-3-4-5-10-13-16-29-23(27)14-11-8-6-7-9-12-15-24(28)30-22-18-20(25)17-21(26)19-22/h17-19H,2-16H2,1H3. The number of carbonyl (C=O) groups excluding carboxylic acids is 2. The first-order valence-corrected chi connectivity index (χ1v) is 12.1. The van der Waals surface area contributed by atoms with Gasteiger partial charge in [-0.05, 0) is 37.5 Å². The Bertz CT molecular complexity index is 599. The van der Waals surface area contributed by atoms with Crippen molar-refractivity contribution in [3.63, 3.8) is 0 Å². The lowest BCUT2D eigenvalue weighted by Gasteiger charge is -2.06. The number of ether oxygens (including phenoxy) is 2. The fraction of sp³-hybridized carbons (Fsp3) is 0.667. The van der Waals surface area contributed by atoms with Crippen LogP contribution >= 0.6 is 23.2 Å². The van der Waals surface area contributed by atoms with E-state index in [9.17, 15) is 9.59 Å². The second-order valence-corrected chi connectivity index (χ2v) is 8.56. The van der Waals surface area contributed by atoms with Gasteiger partial charge in [-0.1, -0.05) is 87.9 Å². The molecular formula is C24H36Cl2O4. The highest BCUT2D eigenvalue weighted by Gasteiger charge is 2.07. The van der Waals surface area contributed by atoms with Crippen LogP contribution in [0.3, 0.4) is 0 Å². The second-order valence-electron chi connectivity index (χ2n) is 7.69. The zero-order valence-electron chi connectivity index (χ0n) is 18.2. The van der Waals surface area contributed by atoms with Crippen LogP contribution in [0.5, 0.6) is 5.75 Å². The number of esters is 2. The van der Waals surface area contributed by atoms with Crippen molar-refractivity contribution < 1.29 is 19.1 Å². The van der Waals surface area contributed by atoms with E-state index in [2.05, 4.69) is 6.92 Å². The predicted octanol–water partition coefficient (Wildman–Crippen LogP) is 7.92. The van der Waals surface area contributed by atoms with Gasteiger partial charge in [-0.15, -0.1) is 0 Å². The van der Waals surface area contributed by atoms with Crippen LogP contribution in [0.4, 0.5) is 0 Å². The molecule has 1 aromatic carbocycles. The van der Waals surface area contributed by atoms with Crippen molar-refractivity contribution in [2.45, 2.75) is 96.8 Å². The topological polar surface area (TPSA) is 52.6 Å². The summed E-state index contributed by atoms with van der Waals surface area (Å²) < 4.78 is 10.5. The van der Waals surface area contributed by atoms with Crippen LogP contribution in [0.1, 0.15) is 96.8 Å². The average Bonchev–Trinajstić information content (AvgIpc) is 2.68. The number of unbranched alkanes of at least 4 members (excludes halogenated alkanes) is 10. The quantitative estimate of drug-likeness (QED) is 0.135. The second kappa shape index (κ2) is 17.4. The van der Waals surface area contributed by atoms with Gasteiger partial charge in [0.25, 0.3) is 0 Å². The SMILES string of the molecule is CCCCCCCCOC(=O)CCCCCCCCC(=O)Oc1cc(Cl)cc(Cl)c1. The Morgan fingerprint density at radius 1 is 0.700 bits per heavy atom. The highest BCUT2D eigenvalue weighted by molar-refractivity contribution is 6.34. The molecule has 4 nitrogen and oxygen atoms in total. The van der Waals surface area contributed by atoms with E-state index in [1.54, 1.807) is 18.2 Å². The molecular weight excluding hydrogens is 423 g/mol. The van der Waals surface area contributed by atoms with Gasteiger partial charge in [-0.3, -0.25) is 9.59 Å². The molecule has 0 atom stereocenters. The minimum absolute atomic E-state index is 0.0765. The third-order valence-corrected chi connectivity index (χ3v) is 5.28. The lowest BCUT2D eigenvalue weighted by atomic mass is 10.1. The number of rotatable bonds is 17. The number of halogens is 2. The van der Waals surface area contributed by atoms with Crippen LogP contribution in [-0.4, -0.2) is 18.5 Å². The Hall–Kier alpha value is -1.26. The summed E-state index contributed by atoms with van der Waals surface area (Å²) in [5.74, 6) is 0.0229. The number of hydrogen-bond donors (Lipinski definition) is 0. The molecule has 0 aromatic heterocycles. The lowest BCUT2D eigenvalue weighted by molar-refractivity contribution is -0.144. The van der Waals surface area contributed by atoms with Gasteiger partial charge in [-0.25, -0.2) is 0 Å². The molecule has 6 heteroatoms. The minimum atomic E-state index is -0.276. The number of benzene rings is 1. The van der Waals surface area contributed by atoms with Crippen LogP contribution in [0.25, 0.3) is 0 Å². The molecule has 0 bridgehead atoms. The number of carbonyl (C=O) groups is 2. The molecule has 0 radical (unpaired) electrons. The first-order chi connectivity index (χ1) is 14.5. The summed E-state index contributed by atoms with van der Waals surface area (Å²) >= 11 is 11.8. The Kier molecular flexibility index (Phi) is 15.6. The summed E-state index contributed by atoms with van der Waals surface area (Å²) in [6.07, 6.45) is 13.8. The van der Waals surface area contributed by atoms with E-state index in [0.717, 1.165) is 51.4 Å². The molecule has 0 unspecified atom stereocenters. The molecule has 0 fully saturated rings. The molecule has 0 aliphatic heterocycles. The normalized spacial score (nSPS) is 10.8. The zero-order valence-corrected chi connectivity index (χ0v) is 19.7. The zero-order chi connectivity index (χ0) is 22.0. The molecule has 0 spiro atoms. The van der Waals surface area contributed by atoms with E-state index in [1.165, 1.54) is 25.7 Å². The van der Waals surface area contributed by atoms with E-state index >= 15 is 0 Å². The van der Waals surface area contributed by atoms with E-state index in [0.29, 0.717) is 35.2 Å². The summed E-state index contributed by atoms with van der Waals surface area (Å²) in [5, 5.41) is 0.883. The van der Waals surface area contributed by atoms with Crippen molar-refractivity contribution in [1.29, 1.82) is 0 Å². The van der Waals surface area contributed by atoms with Crippen LogP contribution in [0, 0.1) is 0 Å². The van der Waals surface area contributed by atoms with Crippen molar-refractivity contribution in [3.05, 3.63) is 28.2 Å². The van der Waals surface area contributed by atoms with E-state index < -0.39 is 0 Å². The van der Waals surface area contributed by atoms with Gasteiger partial charge >= 0.3 is 11.9 Å². The van der Waals surface area contributed by atoms with Gasteiger partial charge < -0.3 is 9.47 Å². The van der Waals surface area contributed by atoms with Crippen LogP contribution in [-0.2, 0) is 14.3 Å². The summed E-state index contributed by atoms with van der Waals surface area (Å²) in [6, 6.07) is 4.74. The molecule has 0 aliphatic rings. The molecule has 30 heavy (non-hydrogen) atoms. The molecule has 0 saturated heterocycles. The summed E-state index contributed by atoms with van der Waals surface area (Å²) in [5.41, 5.74) is 0.